The minimum absolute atomic E-state index is 0.150. The largest absolute Gasteiger partial charge is 0.436 e. The summed E-state index contributed by atoms with van der Waals surface area (Å²) in [6.45, 7) is 4.74. The molecule has 0 spiro atoms. The molecule has 0 fully saturated rings. The third-order valence-corrected chi connectivity index (χ3v) is 11.3. The summed E-state index contributed by atoms with van der Waals surface area (Å²) < 4.78 is 12.2. The first kappa shape index (κ1) is 31.5. The zero-order chi connectivity index (χ0) is 36.7. The van der Waals surface area contributed by atoms with Gasteiger partial charge >= 0.3 is 0 Å². The molecular weight excluding hydrogens is 673 g/mol. The first-order valence-corrected chi connectivity index (χ1v) is 18.7. The summed E-state index contributed by atoms with van der Waals surface area (Å²) in [6, 6.07) is 60.1. The van der Waals surface area contributed by atoms with Crippen LogP contribution >= 0.6 is 0 Å². The summed E-state index contributed by atoms with van der Waals surface area (Å²) in [5, 5.41) is 2.61. The van der Waals surface area contributed by atoms with Crippen LogP contribution < -0.4 is 0 Å². The number of rotatable bonds is 5. The maximum absolute atomic E-state index is 6.09. The number of hydrogen-bond acceptors (Lipinski definition) is 4. The summed E-state index contributed by atoms with van der Waals surface area (Å²) in [4.78, 5) is 9.46. The van der Waals surface area contributed by atoms with Gasteiger partial charge in [0.05, 0.1) is 0 Å². The first-order chi connectivity index (χ1) is 27.0. The molecule has 55 heavy (non-hydrogen) atoms. The quantitative estimate of drug-likeness (QED) is 0.179. The van der Waals surface area contributed by atoms with Crippen LogP contribution in [-0.4, -0.2) is 9.97 Å². The van der Waals surface area contributed by atoms with E-state index in [1.165, 1.54) is 38.6 Å². The summed E-state index contributed by atoms with van der Waals surface area (Å²) in [5.41, 5.74) is 17.3. The SMILES string of the molecule is CC1(C)c2cc(-c3cc(-c4ccc(-c5nc6ccccc6o5)cc4)cc(-c4ccc(-c5nc6ccccc6o5)cc4)c3)ccc2-c2ccc3ccccc3c21. The molecule has 10 aromatic rings. The van der Waals surface area contributed by atoms with Crippen LogP contribution in [0.5, 0.6) is 0 Å². The lowest BCUT2D eigenvalue weighted by Gasteiger charge is -2.23. The average molecular weight is 707 g/mol. The molecule has 1 aliphatic carbocycles. The number of fused-ring (bicyclic) bond motifs is 7. The van der Waals surface area contributed by atoms with Crippen LogP contribution in [0.2, 0.25) is 0 Å². The van der Waals surface area contributed by atoms with Crippen LogP contribution in [0, 0.1) is 0 Å². The lowest BCUT2D eigenvalue weighted by atomic mass is 9.79. The number of nitrogens with zero attached hydrogens (tertiary/aromatic N) is 2. The Balaban J connectivity index is 1.02. The van der Waals surface area contributed by atoms with E-state index < -0.39 is 0 Å². The highest BCUT2D eigenvalue weighted by Gasteiger charge is 2.37. The third-order valence-electron chi connectivity index (χ3n) is 11.3. The number of oxazole rings is 2. The molecule has 260 valence electrons. The lowest BCUT2D eigenvalue weighted by Crippen LogP contribution is -2.15. The van der Waals surface area contributed by atoms with Gasteiger partial charge in [-0.1, -0.05) is 111 Å². The van der Waals surface area contributed by atoms with Gasteiger partial charge in [0.25, 0.3) is 0 Å². The van der Waals surface area contributed by atoms with E-state index in [4.69, 9.17) is 18.8 Å². The normalized spacial score (nSPS) is 13.1. The van der Waals surface area contributed by atoms with E-state index >= 15 is 0 Å². The summed E-state index contributed by atoms with van der Waals surface area (Å²) in [7, 11) is 0. The van der Waals surface area contributed by atoms with E-state index in [0.29, 0.717) is 11.8 Å². The number of hydrogen-bond donors (Lipinski definition) is 0. The molecule has 4 heteroatoms. The fourth-order valence-corrected chi connectivity index (χ4v) is 8.51. The maximum atomic E-state index is 6.09. The number of para-hydroxylation sites is 4. The molecule has 0 aliphatic heterocycles. The van der Waals surface area contributed by atoms with Gasteiger partial charge in [0, 0.05) is 16.5 Å². The van der Waals surface area contributed by atoms with Crippen molar-refractivity contribution in [2.75, 3.05) is 0 Å². The second-order valence-corrected chi connectivity index (χ2v) is 15.0. The Kier molecular flexibility index (Phi) is 6.86. The van der Waals surface area contributed by atoms with Crippen LogP contribution in [-0.2, 0) is 5.41 Å². The van der Waals surface area contributed by atoms with Gasteiger partial charge < -0.3 is 8.83 Å². The molecule has 4 nitrogen and oxygen atoms in total. The second-order valence-electron chi connectivity index (χ2n) is 15.0. The molecule has 0 N–H and O–H groups in total. The Morgan fingerprint density at radius 3 is 1.45 bits per heavy atom. The molecule has 0 saturated carbocycles. The van der Waals surface area contributed by atoms with E-state index in [1.807, 2.05) is 48.5 Å². The van der Waals surface area contributed by atoms with Crippen LogP contribution in [0.4, 0.5) is 0 Å². The predicted octanol–water partition coefficient (Wildman–Crippen LogP) is 13.8. The first-order valence-electron chi connectivity index (χ1n) is 18.7. The number of benzene rings is 8. The average Bonchev–Trinajstić information content (AvgIpc) is 3.94. The van der Waals surface area contributed by atoms with Crippen LogP contribution in [0.25, 0.3) is 100 Å². The molecule has 0 atom stereocenters. The molecule has 2 heterocycles. The highest BCUT2D eigenvalue weighted by molar-refractivity contribution is 5.98. The monoisotopic (exact) mass is 706 g/mol. The summed E-state index contributed by atoms with van der Waals surface area (Å²) in [5.74, 6) is 1.24. The zero-order valence-corrected chi connectivity index (χ0v) is 30.4. The van der Waals surface area contributed by atoms with Gasteiger partial charge in [-0.15, -0.1) is 0 Å². The molecular formula is C51H34N2O2. The van der Waals surface area contributed by atoms with Gasteiger partial charge in [-0.05, 0) is 139 Å². The van der Waals surface area contributed by atoms with Gasteiger partial charge in [-0.25, -0.2) is 9.97 Å². The van der Waals surface area contributed by atoms with Crippen molar-refractivity contribution < 1.29 is 8.83 Å². The molecule has 11 rings (SSSR count). The van der Waals surface area contributed by atoms with E-state index in [-0.39, 0.29) is 5.41 Å². The Morgan fingerprint density at radius 1 is 0.400 bits per heavy atom. The van der Waals surface area contributed by atoms with Crippen molar-refractivity contribution in [3.05, 3.63) is 181 Å². The van der Waals surface area contributed by atoms with Crippen molar-refractivity contribution in [1.82, 2.24) is 9.97 Å². The predicted molar refractivity (Wildman–Crippen MR) is 224 cm³/mol. The third kappa shape index (κ3) is 5.14. The molecule has 0 radical (unpaired) electrons. The minimum atomic E-state index is -0.150. The number of aromatic nitrogens is 2. The molecule has 0 saturated heterocycles. The molecule has 8 aromatic carbocycles. The van der Waals surface area contributed by atoms with Gasteiger partial charge in [0.1, 0.15) is 11.0 Å². The minimum Gasteiger partial charge on any atom is -0.436 e. The van der Waals surface area contributed by atoms with Crippen LogP contribution in [0.3, 0.4) is 0 Å². The van der Waals surface area contributed by atoms with Crippen molar-refractivity contribution in [3.8, 4) is 67.4 Å². The Morgan fingerprint density at radius 2 is 0.873 bits per heavy atom. The van der Waals surface area contributed by atoms with Gasteiger partial charge in [-0.3, -0.25) is 0 Å². The van der Waals surface area contributed by atoms with Crippen molar-refractivity contribution in [1.29, 1.82) is 0 Å². The highest BCUT2D eigenvalue weighted by atomic mass is 16.4. The van der Waals surface area contributed by atoms with Gasteiger partial charge in [0.15, 0.2) is 11.2 Å². The zero-order valence-electron chi connectivity index (χ0n) is 30.4. The van der Waals surface area contributed by atoms with Crippen molar-refractivity contribution in [2.24, 2.45) is 0 Å². The van der Waals surface area contributed by atoms with E-state index in [2.05, 4.69) is 135 Å². The molecule has 0 unspecified atom stereocenters. The Hall–Kier alpha value is -7.04. The molecule has 0 bridgehead atoms. The Bertz CT molecular complexity index is 2910. The summed E-state index contributed by atoms with van der Waals surface area (Å²) in [6.07, 6.45) is 0. The van der Waals surface area contributed by atoms with Gasteiger partial charge in [-0.2, -0.15) is 0 Å². The van der Waals surface area contributed by atoms with E-state index in [1.54, 1.807) is 0 Å². The fraction of sp³-hybridized carbons (Fsp3) is 0.0588. The van der Waals surface area contributed by atoms with Crippen LogP contribution in [0.1, 0.15) is 25.0 Å². The van der Waals surface area contributed by atoms with Gasteiger partial charge in [0.2, 0.25) is 11.8 Å². The smallest absolute Gasteiger partial charge is 0.227 e. The topological polar surface area (TPSA) is 52.1 Å². The fourth-order valence-electron chi connectivity index (χ4n) is 8.51. The van der Waals surface area contributed by atoms with E-state index in [0.717, 1.165) is 61.1 Å². The van der Waals surface area contributed by atoms with Crippen molar-refractivity contribution >= 4 is 33.0 Å². The maximum Gasteiger partial charge on any atom is 0.227 e. The molecule has 1 aliphatic rings. The standard InChI is InChI=1S/C51H34N2O2/c1-51(2)43-30-36(24-25-41(43)42-26-23-33-9-3-4-10-40(33)48(42)51)39-28-37(31-15-19-34(20-16-31)49-52-44-11-5-7-13-46(44)54-49)27-38(29-39)32-17-21-35(22-18-32)50-53-45-12-6-8-14-47(45)55-50/h3-30H,1-2H3. The van der Waals surface area contributed by atoms with E-state index in [9.17, 15) is 0 Å². The van der Waals surface area contributed by atoms with Crippen molar-refractivity contribution in [2.45, 2.75) is 19.3 Å². The lowest BCUT2D eigenvalue weighted by molar-refractivity contribution is 0.619. The second kappa shape index (κ2) is 12.0. The highest BCUT2D eigenvalue weighted by Crippen LogP contribution is 2.52. The van der Waals surface area contributed by atoms with Crippen molar-refractivity contribution in [3.63, 3.8) is 0 Å². The Labute approximate surface area is 318 Å². The summed E-state index contributed by atoms with van der Waals surface area (Å²) >= 11 is 0. The molecule has 2 aromatic heterocycles. The molecule has 0 amide bonds. The van der Waals surface area contributed by atoms with Crippen LogP contribution in [0.15, 0.2) is 179 Å².